The van der Waals surface area contributed by atoms with Crippen molar-refractivity contribution in [1.82, 2.24) is 0 Å². The minimum atomic E-state index is 1.10. The molecule has 0 aliphatic heterocycles. The highest BCUT2D eigenvalue weighted by Crippen LogP contribution is 2.38. The molecule has 0 aliphatic carbocycles. The molecule has 12 rings (SSSR count). The number of para-hydroxylation sites is 2. The van der Waals surface area contributed by atoms with Gasteiger partial charge in [0.15, 0.2) is 0 Å². The number of anilines is 5. The molecule has 1 N–H and O–H groups in total. The molecule has 0 bridgehead atoms. The zero-order valence-electron chi connectivity index (χ0n) is 39.2. The Morgan fingerprint density at radius 2 is 0.563 bits per heavy atom. The highest BCUT2D eigenvalue weighted by Gasteiger charge is 2.14. The Bertz CT molecular complexity index is 3550. The van der Waals surface area contributed by atoms with E-state index in [1.165, 1.54) is 66.1 Å². The van der Waals surface area contributed by atoms with Gasteiger partial charge < -0.3 is 10.2 Å². The lowest BCUT2D eigenvalue weighted by Gasteiger charge is -2.26. The Hall–Kier alpha value is -8.76. The van der Waals surface area contributed by atoms with Gasteiger partial charge in [-0.3, -0.25) is 0 Å². The van der Waals surface area contributed by atoms with E-state index in [0.717, 1.165) is 32.9 Å². The molecule has 0 aromatic heterocycles. The van der Waals surface area contributed by atoms with Gasteiger partial charge in [-0.25, -0.2) is 0 Å². The van der Waals surface area contributed by atoms with Crippen LogP contribution in [0.5, 0.6) is 0 Å². The van der Waals surface area contributed by atoms with E-state index in [1.54, 1.807) is 0 Å². The first-order valence-electron chi connectivity index (χ1n) is 23.9. The van der Waals surface area contributed by atoms with Gasteiger partial charge in [0.1, 0.15) is 0 Å². The number of nitrogens with zero attached hydrogens (tertiary/aromatic N) is 1. The van der Waals surface area contributed by atoms with Crippen LogP contribution in [-0.4, -0.2) is 0 Å². The summed E-state index contributed by atoms with van der Waals surface area (Å²) in [5, 5.41) is 8.51. The SMILES string of the molecule is Brc1ccc(-c2cccc3ccccc23)cc1.c1ccc(-c2ccc(N(c3ccccc3)c3ccc(-c4cccc5ccccc45)cc3)cc2)cc1.c1ccc(Nc2ccc(-c3ccccc3)cc2)cc1. The van der Waals surface area contributed by atoms with E-state index in [1.807, 2.05) is 24.3 Å². The van der Waals surface area contributed by atoms with Gasteiger partial charge in [-0.15, -0.1) is 0 Å². The van der Waals surface area contributed by atoms with E-state index in [0.29, 0.717) is 0 Å². The minimum Gasteiger partial charge on any atom is -0.356 e. The largest absolute Gasteiger partial charge is 0.356 e. The van der Waals surface area contributed by atoms with Crippen molar-refractivity contribution < 1.29 is 0 Å². The molecule has 3 heteroatoms. The van der Waals surface area contributed by atoms with Crippen LogP contribution in [0.25, 0.3) is 66.1 Å². The summed E-state index contributed by atoms with van der Waals surface area (Å²) in [6, 6.07) is 106. The molecular weight excluding hydrogens is 925 g/mol. The van der Waals surface area contributed by atoms with Crippen molar-refractivity contribution in [3.8, 4) is 44.5 Å². The van der Waals surface area contributed by atoms with Crippen LogP contribution in [0, 0.1) is 0 Å². The minimum absolute atomic E-state index is 1.10. The third-order valence-electron chi connectivity index (χ3n) is 12.5. The Morgan fingerprint density at radius 1 is 0.239 bits per heavy atom. The summed E-state index contributed by atoms with van der Waals surface area (Å²) in [7, 11) is 0. The first-order valence-corrected chi connectivity index (χ1v) is 24.7. The molecule has 0 spiro atoms. The predicted molar refractivity (Wildman–Crippen MR) is 308 cm³/mol. The first kappa shape index (κ1) is 46.0. The number of fused-ring (bicyclic) bond motifs is 2. The quantitative estimate of drug-likeness (QED) is 0.155. The Balaban J connectivity index is 0.000000136. The standard InChI is InChI=1S/C34H25N.C18H15N.C16H11Br/c1-3-10-26(11-4-1)27-18-22-31(23-19-27)35(30-14-5-2-6-15-30)32-24-20-29(21-25-32)34-17-9-13-28-12-7-8-16-33(28)34;1-3-7-15(8-4-1)16-11-13-18(14-12-16)19-17-9-5-2-6-10-17;17-14-10-8-13(9-11-14)16-7-3-5-12-4-1-2-6-15(12)16/h1-25H;1-14,19H;1-11H. The van der Waals surface area contributed by atoms with Crippen molar-refractivity contribution in [2.45, 2.75) is 0 Å². The Morgan fingerprint density at radius 3 is 1.04 bits per heavy atom. The fourth-order valence-electron chi connectivity index (χ4n) is 8.90. The molecule has 12 aromatic rings. The van der Waals surface area contributed by atoms with Crippen LogP contribution in [0.2, 0.25) is 0 Å². The molecule has 0 atom stereocenters. The monoisotopic (exact) mass is 974 g/mol. The number of nitrogens with one attached hydrogen (secondary N) is 1. The maximum absolute atomic E-state index is 3.47. The summed E-state index contributed by atoms with van der Waals surface area (Å²) in [5.74, 6) is 0. The fourth-order valence-corrected chi connectivity index (χ4v) is 9.16. The maximum Gasteiger partial charge on any atom is 0.0462 e. The van der Waals surface area contributed by atoms with E-state index < -0.39 is 0 Å². The highest BCUT2D eigenvalue weighted by molar-refractivity contribution is 9.10. The molecule has 0 unspecified atom stereocenters. The molecule has 0 heterocycles. The third kappa shape index (κ3) is 11.4. The molecule has 0 saturated heterocycles. The maximum atomic E-state index is 3.47. The molecule has 12 aromatic carbocycles. The highest BCUT2D eigenvalue weighted by atomic mass is 79.9. The van der Waals surface area contributed by atoms with Gasteiger partial charge in [0.2, 0.25) is 0 Å². The molecule has 0 saturated carbocycles. The zero-order valence-corrected chi connectivity index (χ0v) is 40.8. The van der Waals surface area contributed by atoms with E-state index in [9.17, 15) is 0 Å². The normalized spacial score (nSPS) is 10.6. The van der Waals surface area contributed by atoms with E-state index in [-0.39, 0.29) is 0 Å². The molecule has 2 nitrogen and oxygen atoms in total. The second kappa shape index (κ2) is 22.6. The second-order valence-electron chi connectivity index (χ2n) is 17.1. The molecule has 0 aliphatic rings. The third-order valence-corrected chi connectivity index (χ3v) is 13.0. The number of rotatable bonds is 9. The summed E-state index contributed by atoms with van der Waals surface area (Å²) in [4.78, 5) is 2.31. The molecular formula is C68H51BrN2. The molecule has 0 radical (unpaired) electrons. The van der Waals surface area contributed by atoms with Crippen molar-refractivity contribution in [1.29, 1.82) is 0 Å². The summed E-state index contributed by atoms with van der Waals surface area (Å²) in [6.45, 7) is 0. The smallest absolute Gasteiger partial charge is 0.0462 e. The van der Waals surface area contributed by atoms with Gasteiger partial charge in [-0.05, 0) is 139 Å². The topological polar surface area (TPSA) is 15.3 Å². The Labute approximate surface area is 425 Å². The summed E-state index contributed by atoms with van der Waals surface area (Å²) in [6.07, 6.45) is 0. The predicted octanol–water partition coefficient (Wildman–Crippen LogP) is 20.0. The van der Waals surface area contributed by atoms with Gasteiger partial charge in [0, 0.05) is 32.9 Å². The number of hydrogen-bond acceptors (Lipinski definition) is 2. The van der Waals surface area contributed by atoms with Crippen LogP contribution >= 0.6 is 15.9 Å². The number of benzene rings is 12. The van der Waals surface area contributed by atoms with Gasteiger partial charge in [-0.2, -0.15) is 0 Å². The van der Waals surface area contributed by atoms with Crippen LogP contribution in [0.15, 0.2) is 308 Å². The average Bonchev–Trinajstić information content (AvgIpc) is 3.45. The van der Waals surface area contributed by atoms with E-state index >= 15 is 0 Å². The van der Waals surface area contributed by atoms with Gasteiger partial charge in [-0.1, -0.05) is 246 Å². The average molecular weight is 976 g/mol. The molecule has 0 fully saturated rings. The van der Waals surface area contributed by atoms with Crippen LogP contribution in [0.4, 0.5) is 28.4 Å². The van der Waals surface area contributed by atoms with Crippen LogP contribution < -0.4 is 10.2 Å². The van der Waals surface area contributed by atoms with E-state index in [4.69, 9.17) is 0 Å². The van der Waals surface area contributed by atoms with Gasteiger partial charge in [0.25, 0.3) is 0 Å². The first-order chi connectivity index (χ1) is 35.1. The summed E-state index contributed by atoms with van der Waals surface area (Å²) in [5.41, 5.74) is 15.6. The summed E-state index contributed by atoms with van der Waals surface area (Å²) >= 11 is 3.47. The molecule has 0 amide bonds. The lowest BCUT2D eigenvalue weighted by molar-refractivity contribution is 1.28. The van der Waals surface area contributed by atoms with Gasteiger partial charge >= 0.3 is 0 Å². The van der Waals surface area contributed by atoms with Gasteiger partial charge in [0.05, 0.1) is 0 Å². The Kier molecular flexibility index (Phi) is 14.6. The fraction of sp³-hybridized carbons (Fsp3) is 0. The summed E-state index contributed by atoms with van der Waals surface area (Å²) < 4.78 is 1.11. The number of halogens is 1. The van der Waals surface area contributed by atoms with E-state index in [2.05, 4.69) is 305 Å². The van der Waals surface area contributed by atoms with Crippen molar-refractivity contribution in [3.63, 3.8) is 0 Å². The van der Waals surface area contributed by atoms with Crippen LogP contribution in [0.3, 0.4) is 0 Å². The van der Waals surface area contributed by atoms with Crippen molar-refractivity contribution >= 4 is 65.9 Å². The molecule has 71 heavy (non-hydrogen) atoms. The van der Waals surface area contributed by atoms with Crippen LogP contribution in [-0.2, 0) is 0 Å². The van der Waals surface area contributed by atoms with Crippen molar-refractivity contribution in [2.75, 3.05) is 10.2 Å². The molecule has 340 valence electrons. The lowest BCUT2D eigenvalue weighted by atomic mass is 9.98. The number of hydrogen-bond donors (Lipinski definition) is 1. The zero-order chi connectivity index (χ0) is 48.0. The van der Waals surface area contributed by atoms with Crippen molar-refractivity contribution in [3.05, 3.63) is 308 Å². The van der Waals surface area contributed by atoms with Crippen LogP contribution in [0.1, 0.15) is 0 Å². The van der Waals surface area contributed by atoms with Crippen molar-refractivity contribution in [2.24, 2.45) is 0 Å². The second-order valence-corrected chi connectivity index (χ2v) is 18.0. The lowest BCUT2D eigenvalue weighted by Crippen LogP contribution is -2.09.